The van der Waals surface area contributed by atoms with Gasteiger partial charge in [-0.1, -0.05) is 47.5 Å². The fraction of sp³-hybridized carbons (Fsp3) is 0.179. The smallest absolute Gasteiger partial charge is 0.335 e. The van der Waals surface area contributed by atoms with Gasteiger partial charge >= 0.3 is 6.03 Å². The van der Waals surface area contributed by atoms with E-state index in [0.29, 0.717) is 33.7 Å². The summed E-state index contributed by atoms with van der Waals surface area (Å²) in [4.78, 5) is 39.4. The number of hydrogen-bond donors (Lipinski definition) is 1. The number of barbiturate groups is 1. The SMILES string of the molecule is CCCCOc1ccc(N2C(=O)NC(=O)/C(=C/c3cc(Br)ccc3OCc3ccccc3F)C2=O)cc1. The number of unbranched alkanes of at least 4 members (excludes halogenated alkanes) is 1. The molecule has 1 aliphatic rings. The van der Waals surface area contributed by atoms with Gasteiger partial charge in [0.25, 0.3) is 11.8 Å². The molecular formula is C28H24BrFN2O5. The Kier molecular flexibility index (Phi) is 8.35. The molecule has 7 nitrogen and oxygen atoms in total. The Balaban J connectivity index is 1.60. The molecule has 1 saturated heterocycles. The molecule has 0 spiro atoms. The Morgan fingerprint density at radius 3 is 2.49 bits per heavy atom. The van der Waals surface area contributed by atoms with Crippen molar-refractivity contribution >= 4 is 45.5 Å². The van der Waals surface area contributed by atoms with Crippen molar-refractivity contribution in [2.45, 2.75) is 26.4 Å². The molecule has 190 valence electrons. The van der Waals surface area contributed by atoms with Crippen LogP contribution >= 0.6 is 15.9 Å². The summed E-state index contributed by atoms with van der Waals surface area (Å²) in [7, 11) is 0. The van der Waals surface area contributed by atoms with E-state index >= 15 is 0 Å². The van der Waals surface area contributed by atoms with E-state index in [-0.39, 0.29) is 17.9 Å². The van der Waals surface area contributed by atoms with Crippen LogP contribution in [-0.4, -0.2) is 24.5 Å². The van der Waals surface area contributed by atoms with Crippen molar-refractivity contribution in [3.8, 4) is 11.5 Å². The number of carbonyl (C=O) groups is 3. The van der Waals surface area contributed by atoms with E-state index < -0.39 is 23.7 Å². The first-order valence-corrected chi connectivity index (χ1v) is 12.5. The highest BCUT2D eigenvalue weighted by atomic mass is 79.9. The van der Waals surface area contributed by atoms with Gasteiger partial charge in [0, 0.05) is 15.6 Å². The highest BCUT2D eigenvalue weighted by Gasteiger charge is 2.37. The van der Waals surface area contributed by atoms with E-state index in [1.807, 2.05) is 0 Å². The van der Waals surface area contributed by atoms with Gasteiger partial charge in [-0.25, -0.2) is 14.1 Å². The van der Waals surface area contributed by atoms with Crippen molar-refractivity contribution in [2.75, 3.05) is 11.5 Å². The summed E-state index contributed by atoms with van der Waals surface area (Å²) in [5.74, 6) is -1.08. The molecule has 0 saturated carbocycles. The number of urea groups is 1. The second-order valence-electron chi connectivity index (χ2n) is 8.22. The number of halogens is 2. The van der Waals surface area contributed by atoms with Gasteiger partial charge in [0.2, 0.25) is 0 Å². The van der Waals surface area contributed by atoms with Crippen molar-refractivity contribution in [1.29, 1.82) is 0 Å². The number of hydrogen-bond acceptors (Lipinski definition) is 5. The molecule has 1 aliphatic heterocycles. The third-order valence-electron chi connectivity index (χ3n) is 5.58. The van der Waals surface area contributed by atoms with Crippen LogP contribution in [0.15, 0.2) is 76.8 Å². The minimum absolute atomic E-state index is 0.0537. The molecule has 3 aromatic rings. The number of rotatable bonds is 9. The lowest BCUT2D eigenvalue weighted by Crippen LogP contribution is -2.54. The van der Waals surface area contributed by atoms with Crippen LogP contribution in [0.5, 0.6) is 11.5 Å². The number of imide groups is 2. The molecule has 1 heterocycles. The molecule has 1 fully saturated rings. The molecule has 0 atom stereocenters. The van der Waals surface area contributed by atoms with Crippen molar-refractivity contribution < 1.29 is 28.2 Å². The first-order valence-electron chi connectivity index (χ1n) is 11.7. The van der Waals surface area contributed by atoms with Gasteiger partial charge in [-0.15, -0.1) is 0 Å². The molecule has 37 heavy (non-hydrogen) atoms. The maximum Gasteiger partial charge on any atom is 0.335 e. The average Bonchev–Trinajstić information content (AvgIpc) is 2.88. The van der Waals surface area contributed by atoms with Crippen LogP contribution in [0.1, 0.15) is 30.9 Å². The first-order chi connectivity index (χ1) is 17.9. The predicted molar refractivity (Wildman–Crippen MR) is 141 cm³/mol. The summed E-state index contributed by atoms with van der Waals surface area (Å²) >= 11 is 3.38. The lowest BCUT2D eigenvalue weighted by atomic mass is 10.1. The molecule has 0 aliphatic carbocycles. The molecule has 0 aromatic heterocycles. The number of nitrogens with zero attached hydrogens (tertiary/aromatic N) is 1. The van der Waals surface area contributed by atoms with E-state index in [1.54, 1.807) is 60.7 Å². The Hall–Kier alpha value is -3.98. The van der Waals surface area contributed by atoms with E-state index in [0.717, 1.165) is 17.7 Å². The second-order valence-corrected chi connectivity index (χ2v) is 9.13. The molecule has 0 unspecified atom stereocenters. The largest absolute Gasteiger partial charge is 0.494 e. The Labute approximate surface area is 222 Å². The number of ether oxygens (including phenoxy) is 2. The Morgan fingerprint density at radius 2 is 1.76 bits per heavy atom. The number of amides is 4. The zero-order valence-corrected chi connectivity index (χ0v) is 21.6. The monoisotopic (exact) mass is 566 g/mol. The van der Waals surface area contributed by atoms with Crippen molar-refractivity contribution in [3.05, 3.63) is 93.7 Å². The van der Waals surface area contributed by atoms with Gasteiger partial charge in [-0.05, 0) is 61.0 Å². The maximum atomic E-state index is 14.0. The first kappa shape index (κ1) is 26.1. The average molecular weight is 567 g/mol. The topological polar surface area (TPSA) is 84.9 Å². The number of benzene rings is 3. The normalized spacial score (nSPS) is 14.6. The summed E-state index contributed by atoms with van der Waals surface area (Å²) < 4.78 is 26.2. The maximum absolute atomic E-state index is 14.0. The number of nitrogens with one attached hydrogen (secondary N) is 1. The van der Waals surface area contributed by atoms with Crippen LogP contribution < -0.4 is 19.7 Å². The molecule has 4 amide bonds. The summed E-state index contributed by atoms with van der Waals surface area (Å²) in [6.07, 6.45) is 3.25. The molecular weight excluding hydrogens is 543 g/mol. The highest BCUT2D eigenvalue weighted by molar-refractivity contribution is 9.10. The van der Waals surface area contributed by atoms with Gasteiger partial charge in [-0.3, -0.25) is 14.9 Å². The van der Waals surface area contributed by atoms with Gasteiger partial charge in [0.15, 0.2) is 0 Å². The lowest BCUT2D eigenvalue weighted by molar-refractivity contribution is -0.122. The summed E-state index contributed by atoms with van der Waals surface area (Å²) in [5, 5.41) is 2.21. The second kappa shape index (κ2) is 11.8. The Bertz CT molecular complexity index is 1360. The van der Waals surface area contributed by atoms with Gasteiger partial charge in [-0.2, -0.15) is 0 Å². The molecule has 0 bridgehead atoms. The minimum Gasteiger partial charge on any atom is -0.494 e. The molecule has 3 aromatic carbocycles. The molecule has 9 heteroatoms. The molecule has 1 N–H and O–H groups in total. The van der Waals surface area contributed by atoms with E-state index in [1.165, 1.54) is 12.1 Å². The molecule has 0 radical (unpaired) electrons. The van der Waals surface area contributed by atoms with Crippen molar-refractivity contribution in [3.63, 3.8) is 0 Å². The number of anilines is 1. The fourth-order valence-corrected chi connectivity index (χ4v) is 3.99. The third kappa shape index (κ3) is 6.24. The van der Waals surface area contributed by atoms with Crippen LogP contribution in [0.4, 0.5) is 14.9 Å². The van der Waals surface area contributed by atoms with E-state index in [4.69, 9.17) is 9.47 Å². The van der Waals surface area contributed by atoms with Gasteiger partial charge in [0.05, 0.1) is 12.3 Å². The van der Waals surface area contributed by atoms with E-state index in [2.05, 4.69) is 28.2 Å². The fourth-order valence-electron chi connectivity index (χ4n) is 3.61. The lowest BCUT2D eigenvalue weighted by Gasteiger charge is -2.26. The zero-order valence-electron chi connectivity index (χ0n) is 20.0. The summed E-state index contributed by atoms with van der Waals surface area (Å²) in [5.41, 5.74) is 0.790. The predicted octanol–water partition coefficient (Wildman–Crippen LogP) is 6.01. The quantitative estimate of drug-likeness (QED) is 0.195. The van der Waals surface area contributed by atoms with Crippen molar-refractivity contribution in [2.24, 2.45) is 0 Å². The summed E-state index contributed by atoms with van der Waals surface area (Å²) in [6.45, 7) is 2.57. The van der Waals surface area contributed by atoms with Crippen LogP contribution in [0, 0.1) is 5.82 Å². The van der Waals surface area contributed by atoms with Crippen LogP contribution in [0.25, 0.3) is 6.08 Å². The van der Waals surface area contributed by atoms with Crippen molar-refractivity contribution in [1.82, 2.24) is 5.32 Å². The number of carbonyl (C=O) groups excluding carboxylic acids is 3. The van der Waals surface area contributed by atoms with Crippen LogP contribution in [0.2, 0.25) is 0 Å². The van der Waals surface area contributed by atoms with Gasteiger partial charge < -0.3 is 9.47 Å². The third-order valence-corrected chi connectivity index (χ3v) is 6.07. The minimum atomic E-state index is -0.850. The van der Waals surface area contributed by atoms with E-state index in [9.17, 15) is 18.8 Å². The van der Waals surface area contributed by atoms with Crippen LogP contribution in [-0.2, 0) is 16.2 Å². The standard InChI is InChI=1S/C28H24BrFN2O5/c1-2-3-14-36-22-11-9-21(10-12-22)32-27(34)23(26(33)31-28(32)35)16-19-15-20(29)8-13-25(19)37-17-18-6-4-5-7-24(18)30/h4-13,15-16H,2-3,14,17H2,1H3,(H,31,33,35)/b23-16-. The molecule has 4 rings (SSSR count). The highest BCUT2D eigenvalue weighted by Crippen LogP contribution is 2.29. The van der Waals surface area contributed by atoms with Crippen LogP contribution in [0.3, 0.4) is 0 Å². The Morgan fingerprint density at radius 1 is 1.00 bits per heavy atom. The summed E-state index contributed by atoms with van der Waals surface area (Å²) in [6, 6.07) is 16.9. The van der Waals surface area contributed by atoms with Gasteiger partial charge in [0.1, 0.15) is 29.5 Å². The zero-order chi connectivity index (χ0) is 26.4.